The number of aryl methyl sites for hydroxylation is 1. The molecule has 2 aliphatic heterocycles. The van der Waals surface area contributed by atoms with Crippen molar-refractivity contribution in [1.82, 2.24) is 14.7 Å². The lowest BCUT2D eigenvalue weighted by molar-refractivity contribution is -0.137. The third-order valence-corrected chi connectivity index (χ3v) is 8.26. The van der Waals surface area contributed by atoms with Crippen molar-refractivity contribution in [1.29, 1.82) is 0 Å². The van der Waals surface area contributed by atoms with E-state index in [1.807, 2.05) is 12.1 Å². The average Bonchev–Trinajstić information content (AvgIpc) is 3.37. The molecule has 0 aliphatic carbocycles. The number of carbonyl (C=O) groups is 2. The zero-order valence-electron chi connectivity index (χ0n) is 20.5. The van der Waals surface area contributed by atoms with Gasteiger partial charge in [0.2, 0.25) is 5.91 Å². The summed E-state index contributed by atoms with van der Waals surface area (Å²) in [4.78, 5) is 33.1. The molecule has 3 aromatic rings. The second kappa shape index (κ2) is 10.3. The first-order chi connectivity index (χ1) is 17.7. The first-order valence-corrected chi connectivity index (χ1v) is 13.2. The van der Waals surface area contributed by atoms with Crippen LogP contribution >= 0.6 is 11.3 Å². The van der Waals surface area contributed by atoms with Crippen LogP contribution < -0.4 is 0 Å². The molecule has 5 rings (SSSR count). The fourth-order valence-corrected chi connectivity index (χ4v) is 6.12. The molecule has 0 N–H and O–H groups in total. The molecule has 1 fully saturated rings. The van der Waals surface area contributed by atoms with Crippen molar-refractivity contribution in [3.63, 3.8) is 0 Å². The Morgan fingerprint density at radius 1 is 0.892 bits per heavy atom. The molecular formula is C28H28F3N3O2S. The third kappa shape index (κ3) is 5.29. The standard InChI is InChI=1S/C28H28F3N3O2S/c1-19-4-2-3-5-22(19)26-23-11-17-37-24(23)10-12-34(26)18-25(35)32-13-15-33(16-14-32)27(36)20-6-8-21(9-7-20)28(29,30)31/h2-9,11,17,26H,10,12-16,18H2,1H3/t26-/m0/s1. The molecule has 194 valence electrons. The molecule has 1 atom stereocenters. The van der Waals surface area contributed by atoms with Crippen LogP contribution in [0.3, 0.4) is 0 Å². The number of fused-ring (bicyclic) bond motifs is 1. The van der Waals surface area contributed by atoms with Gasteiger partial charge in [-0.05, 0) is 65.7 Å². The zero-order chi connectivity index (χ0) is 26.2. The lowest BCUT2D eigenvalue weighted by Gasteiger charge is -2.39. The van der Waals surface area contributed by atoms with Gasteiger partial charge in [0.05, 0.1) is 18.2 Å². The van der Waals surface area contributed by atoms with E-state index in [4.69, 9.17) is 0 Å². The summed E-state index contributed by atoms with van der Waals surface area (Å²) in [6, 6.07) is 14.8. The van der Waals surface area contributed by atoms with Gasteiger partial charge in [0.1, 0.15) is 0 Å². The predicted molar refractivity (Wildman–Crippen MR) is 137 cm³/mol. The molecule has 37 heavy (non-hydrogen) atoms. The van der Waals surface area contributed by atoms with Crippen LogP contribution in [0.4, 0.5) is 13.2 Å². The van der Waals surface area contributed by atoms with E-state index < -0.39 is 11.7 Å². The fourth-order valence-electron chi connectivity index (χ4n) is 5.21. The molecule has 0 saturated carbocycles. The van der Waals surface area contributed by atoms with Gasteiger partial charge < -0.3 is 9.80 Å². The van der Waals surface area contributed by atoms with Crippen molar-refractivity contribution < 1.29 is 22.8 Å². The van der Waals surface area contributed by atoms with Crippen molar-refractivity contribution in [2.45, 2.75) is 25.6 Å². The third-order valence-electron chi connectivity index (χ3n) is 7.27. The first-order valence-electron chi connectivity index (χ1n) is 12.3. The maximum absolute atomic E-state index is 13.3. The summed E-state index contributed by atoms with van der Waals surface area (Å²) in [5.41, 5.74) is 3.11. The molecular weight excluding hydrogens is 499 g/mol. The highest BCUT2D eigenvalue weighted by Gasteiger charge is 2.34. The maximum atomic E-state index is 13.3. The molecule has 0 unspecified atom stereocenters. The number of alkyl halides is 3. The summed E-state index contributed by atoms with van der Waals surface area (Å²) in [5.74, 6) is -0.291. The Balaban J connectivity index is 1.23. The minimum absolute atomic E-state index is 0.0268. The Morgan fingerprint density at radius 3 is 2.24 bits per heavy atom. The number of hydrogen-bond acceptors (Lipinski definition) is 4. The monoisotopic (exact) mass is 527 g/mol. The van der Waals surface area contributed by atoms with Crippen LogP contribution in [0, 0.1) is 6.92 Å². The second-order valence-corrected chi connectivity index (χ2v) is 10.5. The summed E-state index contributed by atoms with van der Waals surface area (Å²) < 4.78 is 38.5. The quantitative estimate of drug-likeness (QED) is 0.479. The molecule has 0 radical (unpaired) electrons. The second-order valence-electron chi connectivity index (χ2n) is 9.53. The van der Waals surface area contributed by atoms with Crippen LogP contribution in [-0.2, 0) is 17.4 Å². The number of hydrogen-bond donors (Lipinski definition) is 0. The van der Waals surface area contributed by atoms with Crippen LogP contribution in [0.1, 0.15) is 43.5 Å². The van der Waals surface area contributed by atoms with Gasteiger partial charge in [-0.1, -0.05) is 24.3 Å². The molecule has 5 nitrogen and oxygen atoms in total. The van der Waals surface area contributed by atoms with Crippen LogP contribution in [0.25, 0.3) is 0 Å². The highest BCUT2D eigenvalue weighted by Crippen LogP contribution is 2.38. The minimum Gasteiger partial charge on any atom is -0.338 e. The van der Waals surface area contributed by atoms with Crippen molar-refractivity contribution in [3.8, 4) is 0 Å². The first kappa shape index (κ1) is 25.5. The Labute approximate surface area is 218 Å². The van der Waals surface area contributed by atoms with Crippen LogP contribution in [0.5, 0.6) is 0 Å². The lowest BCUT2D eigenvalue weighted by Crippen LogP contribution is -2.53. The molecule has 0 spiro atoms. The number of halogens is 3. The Hall–Kier alpha value is -3.17. The van der Waals surface area contributed by atoms with E-state index in [1.54, 1.807) is 21.1 Å². The lowest BCUT2D eigenvalue weighted by atomic mass is 9.90. The minimum atomic E-state index is -4.44. The number of benzene rings is 2. The molecule has 2 amide bonds. The topological polar surface area (TPSA) is 43.9 Å². The fraction of sp³-hybridized carbons (Fsp3) is 0.357. The number of amides is 2. The summed E-state index contributed by atoms with van der Waals surface area (Å²) in [5, 5.41) is 2.12. The van der Waals surface area contributed by atoms with E-state index >= 15 is 0 Å². The van der Waals surface area contributed by atoms with Gasteiger partial charge in [0.15, 0.2) is 0 Å². The van der Waals surface area contributed by atoms with Gasteiger partial charge in [-0.2, -0.15) is 13.2 Å². The molecule has 0 bridgehead atoms. The van der Waals surface area contributed by atoms with Gasteiger partial charge in [-0.3, -0.25) is 14.5 Å². The number of thiophene rings is 1. The van der Waals surface area contributed by atoms with Gasteiger partial charge in [0.25, 0.3) is 5.91 Å². The SMILES string of the molecule is Cc1ccccc1[C@H]1c2ccsc2CCN1CC(=O)N1CCN(C(=O)c2ccc(C(F)(F)F)cc2)CC1. The van der Waals surface area contributed by atoms with Gasteiger partial charge >= 0.3 is 6.18 Å². The zero-order valence-corrected chi connectivity index (χ0v) is 21.3. The molecule has 9 heteroatoms. The molecule has 3 heterocycles. The van der Waals surface area contributed by atoms with Crippen molar-refractivity contribution >= 4 is 23.2 Å². The van der Waals surface area contributed by atoms with Gasteiger partial charge in [-0.15, -0.1) is 11.3 Å². The highest BCUT2D eigenvalue weighted by atomic mass is 32.1. The van der Waals surface area contributed by atoms with E-state index in [-0.39, 0.29) is 23.4 Å². The smallest absolute Gasteiger partial charge is 0.338 e. The van der Waals surface area contributed by atoms with Crippen LogP contribution in [0.2, 0.25) is 0 Å². The van der Waals surface area contributed by atoms with E-state index in [9.17, 15) is 22.8 Å². The number of rotatable bonds is 4. The van der Waals surface area contributed by atoms with Crippen LogP contribution in [0.15, 0.2) is 60.0 Å². The molecule has 1 saturated heterocycles. The Kier molecular flexibility index (Phi) is 7.09. The molecule has 1 aromatic heterocycles. The van der Waals surface area contributed by atoms with E-state index in [0.717, 1.165) is 25.1 Å². The normalized spacial score (nSPS) is 18.5. The Morgan fingerprint density at radius 2 is 1.57 bits per heavy atom. The Bertz CT molecular complexity index is 1280. The largest absolute Gasteiger partial charge is 0.416 e. The number of piperazine rings is 1. The average molecular weight is 528 g/mol. The van der Waals surface area contributed by atoms with E-state index in [0.29, 0.717) is 32.7 Å². The predicted octanol–water partition coefficient (Wildman–Crippen LogP) is 5.01. The summed E-state index contributed by atoms with van der Waals surface area (Å²) in [7, 11) is 0. The van der Waals surface area contributed by atoms with Gasteiger partial charge in [-0.25, -0.2) is 0 Å². The maximum Gasteiger partial charge on any atom is 0.416 e. The summed E-state index contributed by atoms with van der Waals surface area (Å²) in [6.07, 6.45) is -3.52. The molecule has 2 aliphatic rings. The van der Waals surface area contributed by atoms with Crippen molar-refractivity contribution in [3.05, 3.63) is 92.7 Å². The van der Waals surface area contributed by atoms with Gasteiger partial charge in [0, 0.05) is 43.2 Å². The number of carbonyl (C=O) groups excluding carboxylic acids is 2. The summed E-state index contributed by atoms with van der Waals surface area (Å²) in [6.45, 7) is 4.69. The van der Waals surface area contributed by atoms with Crippen molar-refractivity contribution in [2.75, 3.05) is 39.3 Å². The highest BCUT2D eigenvalue weighted by molar-refractivity contribution is 7.10. The van der Waals surface area contributed by atoms with Crippen LogP contribution in [-0.4, -0.2) is 65.8 Å². The van der Waals surface area contributed by atoms with Crippen molar-refractivity contribution in [2.24, 2.45) is 0 Å². The van der Waals surface area contributed by atoms with E-state index in [1.165, 1.54) is 33.7 Å². The molecule has 2 aromatic carbocycles. The van der Waals surface area contributed by atoms with E-state index in [2.05, 4.69) is 35.4 Å². The number of nitrogens with zero attached hydrogens (tertiary/aromatic N) is 3. The summed E-state index contributed by atoms with van der Waals surface area (Å²) >= 11 is 1.77.